The third-order valence-corrected chi connectivity index (χ3v) is 5.31. The Bertz CT molecular complexity index is 541. The van der Waals surface area contributed by atoms with E-state index in [4.69, 9.17) is 0 Å². The number of fused-ring (bicyclic) bond motifs is 1. The van der Waals surface area contributed by atoms with E-state index in [0.717, 1.165) is 17.2 Å². The Balaban J connectivity index is 1.52. The van der Waals surface area contributed by atoms with E-state index in [0.29, 0.717) is 6.04 Å². The van der Waals surface area contributed by atoms with Crippen LogP contribution in [-0.2, 0) is 0 Å². The molecule has 1 aliphatic heterocycles. The summed E-state index contributed by atoms with van der Waals surface area (Å²) in [4.78, 5) is 9.73. The van der Waals surface area contributed by atoms with E-state index < -0.39 is 0 Å². The van der Waals surface area contributed by atoms with Crippen molar-refractivity contribution in [3.05, 3.63) is 24.3 Å². The third-order valence-electron chi connectivity index (χ3n) is 4.32. The maximum absolute atomic E-state index is 4.64. The fourth-order valence-corrected chi connectivity index (χ4v) is 3.70. The van der Waals surface area contributed by atoms with Gasteiger partial charge in [0.1, 0.15) is 0 Å². The van der Waals surface area contributed by atoms with Gasteiger partial charge in [0.15, 0.2) is 5.13 Å². The molecule has 114 valence electrons. The molecule has 1 fully saturated rings. The Morgan fingerprint density at radius 2 is 2.00 bits per heavy atom. The molecule has 1 saturated heterocycles. The van der Waals surface area contributed by atoms with Gasteiger partial charge < -0.3 is 10.2 Å². The molecular weight excluding hydrogens is 280 g/mol. The summed E-state index contributed by atoms with van der Waals surface area (Å²) >= 11 is 1.74. The van der Waals surface area contributed by atoms with Crippen molar-refractivity contribution in [1.82, 2.24) is 14.8 Å². The maximum atomic E-state index is 4.64. The Hall–Kier alpha value is -1.17. The molecule has 0 saturated carbocycles. The molecule has 2 heterocycles. The quantitative estimate of drug-likeness (QED) is 0.920. The first-order valence-electron chi connectivity index (χ1n) is 7.82. The standard InChI is InChI=1S/C16H24N4S/c1-3-19-8-10-20(11-9-19)13(2)12-17-16-18-14-6-4-5-7-15(14)21-16/h4-7,13H,3,8-12H2,1-2H3,(H,17,18). The van der Waals surface area contributed by atoms with Crippen molar-refractivity contribution in [2.24, 2.45) is 0 Å². The van der Waals surface area contributed by atoms with E-state index in [-0.39, 0.29) is 0 Å². The lowest BCUT2D eigenvalue weighted by Crippen LogP contribution is -2.50. The first-order valence-corrected chi connectivity index (χ1v) is 8.63. The highest BCUT2D eigenvalue weighted by molar-refractivity contribution is 7.22. The average Bonchev–Trinajstić information content (AvgIpc) is 2.95. The van der Waals surface area contributed by atoms with Crippen molar-refractivity contribution < 1.29 is 0 Å². The Kier molecular flexibility index (Phi) is 4.73. The van der Waals surface area contributed by atoms with Gasteiger partial charge in [0.2, 0.25) is 0 Å². The minimum Gasteiger partial charge on any atom is -0.360 e. The van der Waals surface area contributed by atoms with Gasteiger partial charge in [0, 0.05) is 38.8 Å². The van der Waals surface area contributed by atoms with Gasteiger partial charge in [-0.3, -0.25) is 4.90 Å². The van der Waals surface area contributed by atoms with Crippen LogP contribution < -0.4 is 5.32 Å². The zero-order valence-corrected chi connectivity index (χ0v) is 13.7. The number of aromatic nitrogens is 1. The van der Waals surface area contributed by atoms with Crippen molar-refractivity contribution in [3.8, 4) is 0 Å². The van der Waals surface area contributed by atoms with Crippen molar-refractivity contribution in [3.63, 3.8) is 0 Å². The summed E-state index contributed by atoms with van der Waals surface area (Å²) < 4.78 is 1.25. The molecule has 0 amide bonds. The van der Waals surface area contributed by atoms with Crippen LogP contribution in [0.4, 0.5) is 5.13 Å². The SMILES string of the molecule is CCN1CCN(C(C)CNc2nc3ccccc3s2)CC1. The van der Waals surface area contributed by atoms with Gasteiger partial charge in [-0.05, 0) is 25.6 Å². The fraction of sp³-hybridized carbons (Fsp3) is 0.562. The summed E-state index contributed by atoms with van der Waals surface area (Å²) in [5.41, 5.74) is 1.09. The molecule has 21 heavy (non-hydrogen) atoms. The number of nitrogens with zero attached hydrogens (tertiary/aromatic N) is 3. The minimum atomic E-state index is 0.552. The van der Waals surface area contributed by atoms with Crippen LogP contribution in [0.25, 0.3) is 10.2 Å². The van der Waals surface area contributed by atoms with Crippen LogP contribution in [0.2, 0.25) is 0 Å². The van der Waals surface area contributed by atoms with Crippen LogP contribution in [-0.4, -0.2) is 60.1 Å². The number of thiazole rings is 1. The van der Waals surface area contributed by atoms with Crippen LogP contribution in [0.1, 0.15) is 13.8 Å². The summed E-state index contributed by atoms with van der Waals surface area (Å²) in [7, 11) is 0. The molecule has 0 spiro atoms. The highest BCUT2D eigenvalue weighted by atomic mass is 32.1. The smallest absolute Gasteiger partial charge is 0.183 e. The largest absolute Gasteiger partial charge is 0.360 e. The lowest BCUT2D eigenvalue weighted by molar-refractivity contribution is 0.110. The number of rotatable bonds is 5. The molecular formula is C16H24N4S. The molecule has 1 unspecified atom stereocenters. The number of para-hydroxylation sites is 1. The highest BCUT2D eigenvalue weighted by Crippen LogP contribution is 2.25. The summed E-state index contributed by atoms with van der Waals surface area (Å²) in [5.74, 6) is 0. The summed E-state index contributed by atoms with van der Waals surface area (Å²) in [6.07, 6.45) is 0. The number of anilines is 1. The van der Waals surface area contributed by atoms with Gasteiger partial charge in [0.05, 0.1) is 10.2 Å². The molecule has 1 aromatic carbocycles. The monoisotopic (exact) mass is 304 g/mol. The number of likely N-dealkylation sites (N-methyl/N-ethyl adjacent to an activating group) is 1. The van der Waals surface area contributed by atoms with Gasteiger partial charge in [0.25, 0.3) is 0 Å². The molecule has 1 aliphatic rings. The van der Waals surface area contributed by atoms with Crippen molar-refractivity contribution in [2.75, 3.05) is 44.6 Å². The molecule has 0 aliphatic carbocycles. The Morgan fingerprint density at radius 3 is 2.71 bits per heavy atom. The predicted octanol–water partition coefficient (Wildman–Crippen LogP) is 2.73. The van der Waals surface area contributed by atoms with Gasteiger partial charge in [-0.25, -0.2) is 4.98 Å². The number of benzene rings is 1. The van der Waals surface area contributed by atoms with Crippen molar-refractivity contribution >= 4 is 26.7 Å². The number of nitrogens with one attached hydrogen (secondary N) is 1. The molecule has 4 nitrogen and oxygen atoms in total. The van der Waals surface area contributed by atoms with Crippen LogP contribution in [0, 0.1) is 0 Å². The number of hydrogen-bond acceptors (Lipinski definition) is 5. The minimum absolute atomic E-state index is 0.552. The van der Waals surface area contributed by atoms with E-state index in [1.54, 1.807) is 11.3 Å². The number of piperazine rings is 1. The number of hydrogen-bond donors (Lipinski definition) is 1. The van der Waals surface area contributed by atoms with Crippen LogP contribution in [0.5, 0.6) is 0 Å². The van der Waals surface area contributed by atoms with Crippen LogP contribution in [0.3, 0.4) is 0 Å². The fourth-order valence-electron chi connectivity index (χ4n) is 2.83. The van der Waals surface area contributed by atoms with Crippen molar-refractivity contribution in [1.29, 1.82) is 0 Å². The molecule has 1 N–H and O–H groups in total. The van der Waals surface area contributed by atoms with Crippen LogP contribution >= 0.6 is 11.3 Å². The van der Waals surface area contributed by atoms with E-state index >= 15 is 0 Å². The second-order valence-corrected chi connectivity index (χ2v) is 6.72. The average molecular weight is 304 g/mol. The van der Waals surface area contributed by atoms with Crippen LogP contribution in [0.15, 0.2) is 24.3 Å². The second-order valence-electron chi connectivity index (χ2n) is 5.69. The maximum Gasteiger partial charge on any atom is 0.183 e. The van der Waals surface area contributed by atoms with E-state index in [9.17, 15) is 0 Å². The van der Waals surface area contributed by atoms with E-state index in [1.165, 1.54) is 37.4 Å². The van der Waals surface area contributed by atoms with Gasteiger partial charge in [-0.15, -0.1) is 0 Å². The van der Waals surface area contributed by atoms with Gasteiger partial charge in [-0.1, -0.05) is 30.4 Å². The summed E-state index contributed by atoms with van der Waals surface area (Å²) in [6.45, 7) is 11.4. The molecule has 3 rings (SSSR count). The van der Waals surface area contributed by atoms with E-state index in [2.05, 4.69) is 52.1 Å². The zero-order valence-electron chi connectivity index (χ0n) is 12.9. The van der Waals surface area contributed by atoms with E-state index in [1.807, 2.05) is 6.07 Å². The molecule has 5 heteroatoms. The van der Waals surface area contributed by atoms with Gasteiger partial charge in [-0.2, -0.15) is 0 Å². The lowest BCUT2D eigenvalue weighted by atomic mass is 10.2. The normalized spacial score (nSPS) is 19.0. The molecule has 1 aromatic heterocycles. The molecule has 1 atom stereocenters. The molecule has 0 radical (unpaired) electrons. The molecule has 0 bridgehead atoms. The van der Waals surface area contributed by atoms with Crippen molar-refractivity contribution in [2.45, 2.75) is 19.9 Å². The predicted molar refractivity (Wildman–Crippen MR) is 91.3 cm³/mol. The van der Waals surface area contributed by atoms with Gasteiger partial charge >= 0.3 is 0 Å². The second kappa shape index (κ2) is 6.73. The zero-order chi connectivity index (χ0) is 14.7. The first-order chi connectivity index (χ1) is 10.3. The summed E-state index contributed by atoms with van der Waals surface area (Å²) in [5, 5.41) is 4.55. The Morgan fingerprint density at radius 1 is 1.24 bits per heavy atom. The lowest BCUT2D eigenvalue weighted by Gasteiger charge is -2.37. The topological polar surface area (TPSA) is 31.4 Å². The first kappa shape index (κ1) is 14.8. The highest BCUT2D eigenvalue weighted by Gasteiger charge is 2.20. The molecule has 2 aromatic rings. The Labute approximate surface area is 130 Å². The third kappa shape index (κ3) is 3.54. The summed E-state index contributed by atoms with van der Waals surface area (Å²) in [6, 6.07) is 8.87.